The molecular formula is C13H23N3. The summed E-state index contributed by atoms with van der Waals surface area (Å²) in [6, 6.07) is 0.686. The molecule has 1 N–H and O–H groups in total. The van der Waals surface area contributed by atoms with E-state index in [1.807, 2.05) is 6.20 Å². The lowest BCUT2D eigenvalue weighted by Gasteiger charge is -2.28. The SMILES string of the molecule is CCCn1ccnc1C1CCCC(NC)C1. The summed E-state index contributed by atoms with van der Waals surface area (Å²) in [5.41, 5.74) is 0. The molecule has 0 aromatic carbocycles. The van der Waals surface area contributed by atoms with Crippen LogP contribution in [0.4, 0.5) is 0 Å². The third-order valence-electron chi connectivity index (χ3n) is 3.66. The minimum atomic E-state index is 0.660. The summed E-state index contributed by atoms with van der Waals surface area (Å²) in [6.07, 6.45) is 10.5. The van der Waals surface area contributed by atoms with Gasteiger partial charge in [0.2, 0.25) is 0 Å². The quantitative estimate of drug-likeness (QED) is 0.846. The molecule has 1 aliphatic rings. The van der Waals surface area contributed by atoms with Crippen molar-refractivity contribution in [1.29, 1.82) is 0 Å². The van der Waals surface area contributed by atoms with E-state index in [1.54, 1.807) is 0 Å². The first-order valence-electron chi connectivity index (χ1n) is 6.53. The van der Waals surface area contributed by atoms with Gasteiger partial charge in [-0.1, -0.05) is 13.3 Å². The molecule has 3 heteroatoms. The first-order valence-corrected chi connectivity index (χ1v) is 6.53. The van der Waals surface area contributed by atoms with E-state index in [9.17, 15) is 0 Å². The molecule has 90 valence electrons. The van der Waals surface area contributed by atoms with Gasteiger partial charge in [-0.2, -0.15) is 0 Å². The average Bonchev–Trinajstić information content (AvgIpc) is 2.78. The lowest BCUT2D eigenvalue weighted by atomic mass is 9.85. The fourth-order valence-electron chi connectivity index (χ4n) is 2.80. The molecule has 0 saturated heterocycles. The Labute approximate surface area is 98.3 Å². The number of aromatic nitrogens is 2. The third-order valence-corrected chi connectivity index (χ3v) is 3.66. The fourth-order valence-corrected chi connectivity index (χ4v) is 2.80. The molecule has 0 bridgehead atoms. The minimum Gasteiger partial charge on any atom is -0.335 e. The van der Waals surface area contributed by atoms with Crippen LogP contribution in [0, 0.1) is 0 Å². The van der Waals surface area contributed by atoms with Crippen LogP contribution in [-0.2, 0) is 6.54 Å². The number of rotatable bonds is 4. The van der Waals surface area contributed by atoms with Gasteiger partial charge in [-0.25, -0.2) is 4.98 Å². The number of nitrogens with zero attached hydrogens (tertiary/aromatic N) is 2. The van der Waals surface area contributed by atoms with Crippen molar-refractivity contribution >= 4 is 0 Å². The molecule has 2 rings (SSSR count). The second-order valence-electron chi connectivity index (χ2n) is 4.83. The number of nitrogens with one attached hydrogen (secondary N) is 1. The number of imidazole rings is 1. The van der Waals surface area contributed by atoms with Crippen LogP contribution in [0.25, 0.3) is 0 Å². The van der Waals surface area contributed by atoms with Crippen molar-refractivity contribution < 1.29 is 0 Å². The molecule has 0 spiro atoms. The zero-order valence-electron chi connectivity index (χ0n) is 10.4. The minimum absolute atomic E-state index is 0.660. The van der Waals surface area contributed by atoms with Crippen LogP contribution >= 0.6 is 0 Å². The lowest BCUT2D eigenvalue weighted by Crippen LogP contribution is -2.31. The second kappa shape index (κ2) is 5.48. The van der Waals surface area contributed by atoms with Crippen LogP contribution in [0.1, 0.15) is 50.8 Å². The van der Waals surface area contributed by atoms with Gasteiger partial charge < -0.3 is 9.88 Å². The summed E-state index contributed by atoms with van der Waals surface area (Å²) in [7, 11) is 2.07. The Morgan fingerprint density at radius 1 is 1.50 bits per heavy atom. The van der Waals surface area contributed by atoms with Crippen LogP contribution in [-0.4, -0.2) is 22.6 Å². The standard InChI is InChI=1S/C13H23N3/c1-3-8-16-9-7-15-13(16)11-5-4-6-12(10-11)14-2/h7,9,11-12,14H,3-6,8,10H2,1-2H3. The molecule has 0 aliphatic heterocycles. The maximum atomic E-state index is 4.56. The van der Waals surface area contributed by atoms with E-state index in [0.717, 1.165) is 6.54 Å². The molecular weight excluding hydrogens is 198 g/mol. The predicted molar refractivity (Wildman–Crippen MR) is 66.6 cm³/mol. The Bertz CT molecular complexity index is 319. The van der Waals surface area contributed by atoms with Gasteiger partial charge in [-0.05, 0) is 32.7 Å². The van der Waals surface area contributed by atoms with Crippen molar-refractivity contribution in [3.05, 3.63) is 18.2 Å². The maximum absolute atomic E-state index is 4.56. The molecule has 3 nitrogen and oxygen atoms in total. The number of hydrogen-bond acceptors (Lipinski definition) is 2. The zero-order valence-corrected chi connectivity index (χ0v) is 10.4. The predicted octanol–water partition coefficient (Wildman–Crippen LogP) is 2.54. The van der Waals surface area contributed by atoms with Crippen molar-refractivity contribution in [2.75, 3.05) is 7.05 Å². The molecule has 0 radical (unpaired) electrons. The Morgan fingerprint density at radius 2 is 2.38 bits per heavy atom. The molecule has 16 heavy (non-hydrogen) atoms. The maximum Gasteiger partial charge on any atom is 0.111 e. The molecule has 1 aliphatic carbocycles. The monoisotopic (exact) mass is 221 g/mol. The van der Waals surface area contributed by atoms with Crippen LogP contribution in [0.5, 0.6) is 0 Å². The van der Waals surface area contributed by atoms with Crippen molar-refractivity contribution in [3.8, 4) is 0 Å². The highest BCUT2D eigenvalue weighted by atomic mass is 15.1. The lowest BCUT2D eigenvalue weighted by molar-refractivity contribution is 0.340. The van der Waals surface area contributed by atoms with Crippen molar-refractivity contribution in [1.82, 2.24) is 14.9 Å². The van der Waals surface area contributed by atoms with E-state index in [4.69, 9.17) is 0 Å². The van der Waals surface area contributed by atoms with E-state index < -0.39 is 0 Å². The van der Waals surface area contributed by atoms with Crippen molar-refractivity contribution in [2.24, 2.45) is 0 Å². The van der Waals surface area contributed by atoms with Crippen LogP contribution in [0.3, 0.4) is 0 Å². The Balaban J connectivity index is 2.07. The molecule has 1 aromatic heterocycles. The van der Waals surface area contributed by atoms with Crippen LogP contribution in [0.15, 0.2) is 12.4 Å². The highest BCUT2D eigenvalue weighted by Gasteiger charge is 2.24. The molecule has 1 fully saturated rings. The average molecular weight is 221 g/mol. The van der Waals surface area contributed by atoms with E-state index in [1.165, 1.54) is 37.9 Å². The molecule has 2 unspecified atom stereocenters. The van der Waals surface area contributed by atoms with Crippen LogP contribution in [0.2, 0.25) is 0 Å². The first kappa shape index (κ1) is 11.6. The van der Waals surface area contributed by atoms with E-state index >= 15 is 0 Å². The highest BCUT2D eigenvalue weighted by molar-refractivity contribution is 5.03. The number of hydrogen-bond donors (Lipinski definition) is 1. The van der Waals surface area contributed by atoms with Crippen molar-refractivity contribution in [3.63, 3.8) is 0 Å². The second-order valence-corrected chi connectivity index (χ2v) is 4.83. The normalized spacial score (nSPS) is 25.9. The summed E-state index contributed by atoms with van der Waals surface area (Å²) in [5, 5.41) is 3.41. The van der Waals surface area contributed by atoms with E-state index in [-0.39, 0.29) is 0 Å². The summed E-state index contributed by atoms with van der Waals surface area (Å²) < 4.78 is 2.34. The molecule has 1 aromatic rings. The number of aryl methyl sites for hydroxylation is 1. The van der Waals surface area contributed by atoms with Gasteiger partial charge in [-0.3, -0.25) is 0 Å². The van der Waals surface area contributed by atoms with E-state index in [0.29, 0.717) is 12.0 Å². The molecule has 2 atom stereocenters. The third kappa shape index (κ3) is 2.46. The van der Waals surface area contributed by atoms with Gasteiger partial charge in [0, 0.05) is 30.9 Å². The molecule has 1 saturated carbocycles. The topological polar surface area (TPSA) is 29.9 Å². The van der Waals surface area contributed by atoms with Gasteiger partial charge in [-0.15, -0.1) is 0 Å². The largest absolute Gasteiger partial charge is 0.335 e. The Hall–Kier alpha value is -0.830. The summed E-state index contributed by atoms with van der Waals surface area (Å²) in [4.78, 5) is 4.56. The first-order chi connectivity index (χ1) is 7.85. The smallest absolute Gasteiger partial charge is 0.111 e. The molecule has 0 amide bonds. The summed E-state index contributed by atoms with van der Waals surface area (Å²) in [6.45, 7) is 3.33. The van der Waals surface area contributed by atoms with Crippen molar-refractivity contribution in [2.45, 2.75) is 57.5 Å². The van der Waals surface area contributed by atoms with Gasteiger partial charge in [0.25, 0.3) is 0 Å². The zero-order chi connectivity index (χ0) is 11.4. The molecule has 1 heterocycles. The van der Waals surface area contributed by atoms with Gasteiger partial charge in [0.1, 0.15) is 5.82 Å². The van der Waals surface area contributed by atoms with Gasteiger partial charge in [0.05, 0.1) is 0 Å². The van der Waals surface area contributed by atoms with Gasteiger partial charge in [0.15, 0.2) is 0 Å². The Morgan fingerprint density at radius 3 is 3.12 bits per heavy atom. The van der Waals surface area contributed by atoms with Crippen LogP contribution < -0.4 is 5.32 Å². The fraction of sp³-hybridized carbons (Fsp3) is 0.769. The summed E-state index contributed by atoms with van der Waals surface area (Å²) in [5.74, 6) is 1.97. The Kier molecular flexibility index (Phi) is 3.99. The van der Waals surface area contributed by atoms with Gasteiger partial charge >= 0.3 is 0 Å². The van der Waals surface area contributed by atoms with E-state index in [2.05, 4.69) is 35.0 Å². The summed E-state index contributed by atoms with van der Waals surface area (Å²) >= 11 is 0. The highest BCUT2D eigenvalue weighted by Crippen LogP contribution is 2.31.